The molecule has 1 N–H and O–H groups in total. The molecule has 0 aliphatic heterocycles. The van der Waals surface area contributed by atoms with Crippen molar-refractivity contribution in [3.8, 4) is 0 Å². The number of hydrogen-bond acceptors (Lipinski definition) is 6. The van der Waals surface area contributed by atoms with Crippen LogP contribution in [0.1, 0.15) is 27.9 Å². The van der Waals surface area contributed by atoms with Crippen LogP contribution in [-0.2, 0) is 4.79 Å². The Balaban J connectivity index is 1.79. The minimum Gasteiger partial charge on any atom is -0.463 e. The number of Topliss-reactive ketones (excluding diaryl/α,β-unsaturated/α-hetero) is 1. The Morgan fingerprint density at radius 1 is 1.28 bits per heavy atom. The van der Waals surface area contributed by atoms with Crippen LogP contribution in [0.15, 0.2) is 45.8 Å². The standard InChI is InChI=1S/C18H14N2O4S/c1-10-17(11(2)21)25-18(19-10)20-15(22)8-7-12-9-24-14-6-4-3-5-13(14)16(12)23/h3-9H,1-2H3,(H,19,20,22)/b8-7+. The summed E-state index contributed by atoms with van der Waals surface area (Å²) in [6.07, 6.45) is 3.93. The van der Waals surface area contributed by atoms with Crippen molar-refractivity contribution in [2.75, 3.05) is 5.32 Å². The highest BCUT2D eigenvalue weighted by molar-refractivity contribution is 7.17. The van der Waals surface area contributed by atoms with E-state index in [1.807, 2.05) is 0 Å². The molecule has 0 spiro atoms. The molecule has 0 unspecified atom stereocenters. The second-order valence-corrected chi connectivity index (χ2v) is 6.33. The van der Waals surface area contributed by atoms with Crippen LogP contribution in [0.4, 0.5) is 5.13 Å². The maximum atomic E-state index is 12.3. The number of aryl methyl sites for hydroxylation is 1. The second-order valence-electron chi connectivity index (χ2n) is 5.33. The van der Waals surface area contributed by atoms with Gasteiger partial charge in [-0.25, -0.2) is 4.98 Å². The first-order valence-electron chi connectivity index (χ1n) is 7.43. The van der Waals surface area contributed by atoms with Gasteiger partial charge in [-0.2, -0.15) is 0 Å². The smallest absolute Gasteiger partial charge is 0.250 e. The van der Waals surface area contributed by atoms with Crippen molar-refractivity contribution in [3.05, 3.63) is 63.0 Å². The summed E-state index contributed by atoms with van der Waals surface area (Å²) in [6.45, 7) is 3.16. The van der Waals surface area contributed by atoms with Gasteiger partial charge in [0.1, 0.15) is 11.8 Å². The highest BCUT2D eigenvalue weighted by Gasteiger charge is 2.12. The lowest BCUT2D eigenvalue weighted by atomic mass is 10.1. The van der Waals surface area contributed by atoms with E-state index >= 15 is 0 Å². The molecule has 3 aromatic rings. The van der Waals surface area contributed by atoms with Crippen LogP contribution in [-0.4, -0.2) is 16.7 Å². The number of para-hydroxylation sites is 1. The first-order chi connectivity index (χ1) is 12.0. The fourth-order valence-electron chi connectivity index (χ4n) is 2.30. The average Bonchev–Trinajstić information content (AvgIpc) is 2.95. The first kappa shape index (κ1) is 16.8. The van der Waals surface area contributed by atoms with Crippen molar-refractivity contribution >= 4 is 45.2 Å². The van der Waals surface area contributed by atoms with Gasteiger partial charge in [-0.15, -0.1) is 0 Å². The first-order valence-corrected chi connectivity index (χ1v) is 8.25. The topological polar surface area (TPSA) is 89.3 Å². The summed E-state index contributed by atoms with van der Waals surface area (Å²) in [5.74, 6) is -0.545. The van der Waals surface area contributed by atoms with E-state index in [0.717, 1.165) is 11.3 Å². The number of nitrogens with one attached hydrogen (secondary N) is 1. The third-order valence-corrected chi connectivity index (χ3v) is 4.64. The number of rotatable bonds is 4. The van der Waals surface area contributed by atoms with Gasteiger partial charge in [-0.3, -0.25) is 19.7 Å². The van der Waals surface area contributed by atoms with E-state index in [0.29, 0.717) is 26.7 Å². The highest BCUT2D eigenvalue weighted by atomic mass is 32.1. The number of ketones is 1. The maximum absolute atomic E-state index is 12.3. The van der Waals surface area contributed by atoms with Gasteiger partial charge in [0.25, 0.3) is 0 Å². The molecule has 7 heteroatoms. The minimum atomic E-state index is -0.448. The van der Waals surface area contributed by atoms with Gasteiger partial charge < -0.3 is 4.42 Å². The molecule has 0 aliphatic rings. The van der Waals surface area contributed by atoms with Gasteiger partial charge in [-0.1, -0.05) is 23.5 Å². The number of carbonyl (C=O) groups excluding carboxylic acids is 2. The van der Waals surface area contributed by atoms with Crippen LogP contribution in [0.2, 0.25) is 0 Å². The number of anilines is 1. The van der Waals surface area contributed by atoms with Crippen molar-refractivity contribution < 1.29 is 14.0 Å². The Morgan fingerprint density at radius 2 is 2.04 bits per heavy atom. The Hall–Kier alpha value is -3.06. The molecule has 25 heavy (non-hydrogen) atoms. The largest absolute Gasteiger partial charge is 0.463 e. The molecule has 126 valence electrons. The number of amides is 1. The summed E-state index contributed by atoms with van der Waals surface area (Å²) < 4.78 is 5.39. The Kier molecular flexibility index (Phi) is 4.58. The van der Waals surface area contributed by atoms with Crippen LogP contribution in [0.5, 0.6) is 0 Å². The second kappa shape index (κ2) is 6.82. The number of fused-ring (bicyclic) bond motifs is 1. The van der Waals surface area contributed by atoms with Crippen molar-refractivity contribution in [2.24, 2.45) is 0 Å². The molecule has 0 aliphatic carbocycles. The van der Waals surface area contributed by atoms with Crippen molar-refractivity contribution in [1.82, 2.24) is 4.98 Å². The molecule has 6 nitrogen and oxygen atoms in total. The van der Waals surface area contributed by atoms with E-state index in [1.54, 1.807) is 31.2 Å². The normalized spacial score (nSPS) is 11.1. The van der Waals surface area contributed by atoms with Crippen LogP contribution in [0.3, 0.4) is 0 Å². The molecule has 2 aromatic heterocycles. The van der Waals surface area contributed by atoms with E-state index in [4.69, 9.17) is 4.42 Å². The van der Waals surface area contributed by atoms with Gasteiger partial charge in [0.05, 0.1) is 21.5 Å². The van der Waals surface area contributed by atoms with Crippen molar-refractivity contribution in [1.29, 1.82) is 0 Å². The average molecular weight is 354 g/mol. The predicted molar refractivity (Wildman–Crippen MR) is 97.0 cm³/mol. The number of nitrogens with zero attached hydrogens (tertiary/aromatic N) is 1. The number of hydrogen-bond donors (Lipinski definition) is 1. The highest BCUT2D eigenvalue weighted by Crippen LogP contribution is 2.22. The molecule has 0 radical (unpaired) electrons. The van der Waals surface area contributed by atoms with Crippen LogP contribution < -0.4 is 10.7 Å². The molecule has 0 fully saturated rings. The Bertz CT molecular complexity index is 1060. The summed E-state index contributed by atoms with van der Waals surface area (Å²) in [4.78, 5) is 40.4. The minimum absolute atomic E-state index is 0.0974. The molecule has 0 saturated heterocycles. The summed E-state index contributed by atoms with van der Waals surface area (Å²) in [6, 6.07) is 6.89. The third kappa shape index (κ3) is 3.56. The third-order valence-electron chi connectivity index (χ3n) is 3.47. The zero-order valence-electron chi connectivity index (χ0n) is 13.5. The van der Waals surface area contributed by atoms with E-state index in [-0.39, 0.29) is 16.8 Å². The van der Waals surface area contributed by atoms with Gasteiger partial charge in [-0.05, 0) is 25.1 Å². The van der Waals surface area contributed by atoms with Gasteiger partial charge >= 0.3 is 0 Å². The van der Waals surface area contributed by atoms with Gasteiger partial charge in [0.15, 0.2) is 16.3 Å². The Labute approximate surface area is 146 Å². The quantitative estimate of drug-likeness (QED) is 0.573. The number of benzene rings is 1. The van der Waals surface area contributed by atoms with Crippen molar-refractivity contribution in [2.45, 2.75) is 13.8 Å². The molecule has 2 heterocycles. The SMILES string of the molecule is CC(=O)c1sc(NC(=O)/C=C/c2coc3ccccc3c2=O)nc1C. The summed E-state index contributed by atoms with van der Waals surface area (Å²) >= 11 is 1.12. The monoisotopic (exact) mass is 354 g/mol. The molecular weight excluding hydrogens is 340 g/mol. The summed E-state index contributed by atoms with van der Waals surface area (Å²) in [5.41, 5.74) is 1.12. The molecular formula is C18H14N2O4S. The van der Waals surface area contributed by atoms with E-state index in [9.17, 15) is 14.4 Å². The molecule has 3 rings (SSSR count). The maximum Gasteiger partial charge on any atom is 0.250 e. The molecule has 0 saturated carbocycles. The van der Waals surface area contributed by atoms with E-state index in [1.165, 1.54) is 25.3 Å². The van der Waals surface area contributed by atoms with E-state index in [2.05, 4.69) is 10.3 Å². The lowest BCUT2D eigenvalue weighted by molar-refractivity contribution is -0.111. The summed E-state index contributed by atoms with van der Waals surface area (Å²) in [5, 5.41) is 3.37. The van der Waals surface area contributed by atoms with Crippen LogP contribution in [0.25, 0.3) is 17.0 Å². The Morgan fingerprint density at radius 3 is 2.76 bits per heavy atom. The van der Waals surface area contributed by atoms with Gasteiger partial charge in [0, 0.05) is 13.0 Å². The van der Waals surface area contributed by atoms with Crippen LogP contribution >= 0.6 is 11.3 Å². The van der Waals surface area contributed by atoms with Crippen molar-refractivity contribution in [3.63, 3.8) is 0 Å². The zero-order chi connectivity index (χ0) is 18.0. The molecule has 1 aromatic carbocycles. The number of aromatic nitrogens is 1. The predicted octanol–water partition coefficient (Wildman–Crippen LogP) is 3.41. The molecule has 1 amide bonds. The van der Waals surface area contributed by atoms with Crippen LogP contribution in [0, 0.1) is 6.92 Å². The number of carbonyl (C=O) groups is 2. The molecule has 0 atom stereocenters. The zero-order valence-corrected chi connectivity index (χ0v) is 14.3. The van der Waals surface area contributed by atoms with E-state index < -0.39 is 5.91 Å². The van der Waals surface area contributed by atoms with Gasteiger partial charge in [0.2, 0.25) is 5.91 Å². The number of thiazole rings is 1. The summed E-state index contributed by atoms with van der Waals surface area (Å²) in [7, 11) is 0. The molecule has 0 bridgehead atoms. The fraction of sp³-hybridized carbons (Fsp3) is 0.111. The fourth-order valence-corrected chi connectivity index (χ4v) is 3.16. The lowest BCUT2D eigenvalue weighted by Crippen LogP contribution is -2.09. The lowest BCUT2D eigenvalue weighted by Gasteiger charge is -1.98.